The molecule has 1 heterocycles. The van der Waals surface area contributed by atoms with E-state index in [9.17, 15) is 4.79 Å². The molecule has 1 aliphatic heterocycles. The van der Waals surface area contributed by atoms with E-state index >= 15 is 0 Å². The molecular formula is C16H23ClN2O. The lowest BCUT2D eigenvalue weighted by atomic mass is 9.90. The van der Waals surface area contributed by atoms with Gasteiger partial charge in [0, 0.05) is 31.2 Å². The minimum atomic E-state index is 0. The van der Waals surface area contributed by atoms with E-state index in [1.165, 1.54) is 30.4 Å². The van der Waals surface area contributed by atoms with Crippen molar-refractivity contribution >= 4 is 18.3 Å². The highest BCUT2D eigenvalue weighted by Crippen LogP contribution is 2.23. The Morgan fingerprint density at radius 3 is 2.75 bits per heavy atom. The second kappa shape index (κ2) is 6.59. The van der Waals surface area contributed by atoms with Crippen LogP contribution >= 0.6 is 12.4 Å². The van der Waals surface area contributed by atoms with Crippen LogP contribution in [0.3, 0.4) is 0 Å². The van der Waals surface area contributed by atoms with E-state index in [-0.39, 0.29) is 24.4 Å². The summed E-state index contributed by atoms with van der Waals surface area (Å²) in [7, 11) is 0. The highest BCUT2D eigenvalue weighted by atomic mass is 35.5. The van der Waals surface area contributed by atoms with Crippen molar-refractivity contribution in [3.63, 3.8) is 0 Å². The van der Waals surface area contributed by atoms with Gasteiger partial charge in [0.05, 0.1) is 0 Å². The molecule has 1 aromatic rings. The lowest BCUT2D eigenvalue weighted by Crippen LogP contribution is -2.52. The van der Waals surface area contributed by atoms with Gasteiger partial charge in [0.2, 0.25) is 0 Å². The summed E-state index contributed by atoms with van der Waals surface area (Å²) in [5.41, 5.74) is 3.70. The molecule has 0 aromatic heterocycles. The molecular weight excluding hydrogens is 272 g/mol. The molecule has 0 spiro atoms. The molecule has 2 aliphatic rings. The van der Waals surface area contributed by atoms with Gasteiger partial charge in [-0.15, -0.1) is 12.4 Å². The number of aryl methyl sites for hydroxylation is 2. The zero-order valence-electron chi connectivity index (χ0n) is 12.0. The standard InChI is InChI=1S/C16H22N2O.ClH/c1-12-11-17-8-9-18(12)16(19)15-7-6-13-4-2-3-5-14(13)10-15;/h6-7,10,12,17H,2-5,8-9,11H2,1H3;1H/t12-;/m1./s1. The van der Waals surface area contributed by atoms with Gasteiger partial charge in [-0.3, -0.25) is 4.79 Å². The molecule has 4 heteroatoms. The summed E-state index contributed by atoms with van der Waals surface area (Å²) >= 11 is 0. The summed E-state index contributed by atoms with van der Waals surface area (Å²) in [5, 5.41) is 3.33. The maximum Gasteiger partial charge on any atom is 0.254 e. The number of fused-ring (bicyclic) bond motifs is 1. The molecule has 0 radical (unpaired) electrons. The fourth-order valence-electron chi connectivity index (χ4n) is 3.18. The predicted molar refractivity (Wildman–Crippen MR) is 83.7 cm³/mol. The monoisotopic (exact) mass is 294 g/mol. The number of piperazine rings is 1. The third-order valence-electron chi connectivity index (χ3n) is 4.36. The Balaban J connectivity index is 0.00000147. The first-order valence-electron chi connectivity index (χ1n) is 7.39. The second-order valence-corrected chi connectivity index (χ2v) is 5.74. The number of hydrogen-bond acceptors (Lipinski definition) is 2. The van der Waals surface area contributed by atoms with E-state index in [1.54, 1.807) is 0 Å². The third-order valence-corrected chi connectivity index (χ3v) is 4.36. The van der Waals surface area contributed by atoms with Crippen molar-refractivity contribution in [3.05, 3.63) is 34.9 Å². The lowest BCUT2D eigenvalue weighted by Gasteiger charge is -2.34. The first-order valence-corrected chi connectivity index (χ1v) is 7.39. The van der Waals surface area contributed by atoms with Gasteiger partial charge in [0.15, 0.2) is 0 Å². The zero-order chi connectivity index (χ0) is 13.2. The van der Waals surface area contributed by atoms with E-state index in [0.29, 0.717) is 0 Å². The Bertz CT molecular complexity index is 489. The second-order valence-electron chi connectivity index (χ2n) is 5.74. The number of hydrogen-bond donors (Lipinski definition) is 1. The number of carbonyl (C=O) groups excluding carboxylic acids is 1. The number of amides is 1. The zero-order valence-corrected chi connectivity index (χ0v) is 12.8. The van der Waals surface area contributed by atoms with E-state index < -0.39 is 0 Å². The number of benzene rings is 1. The van der Waals surface area contributed by atoms with Gasteiger partial charge < -0.3 is 10.2 Å². The van der Waals surface area contributed by atoms with E-state index in [2.05, 4.69) is 24.4 Å². The average molecular weight is 295 g/mol. The Labute approximate surface area is 127 Å². The normalized spacial score (nSPS) is 21.9. The Morgan fingerprint density at radius 2 is 2.00 bits per heavy atom. The summed E-state index contributed by atoms with van der Waals surface area (Å²) in [6.45, 7) is 4.73. The fraction of sp³-hybridized carbons (Fsp3) is 0.562. The molecule has 1 N–H and O–H groups in total. The van der Waals surface area contributed by atoms with E-state index in [0.717, 1.165) is 31.6 Å². The molecule has 3 nitrogen and oxygen atoms in total. The van der Waals surface area contributed by atoms with Gasteiger partial charge in [-0.25, -0.2) is 0 Å². The molecule has 3 rings (SSSR count). The van der Waals surface area contributed by atoms with Gasteiger partial charge >= 0.3 is 0 Å². The fourth-order valence-corrected chi connectivity index (χ4v) is 3.18. The van der Waals surface area contributed by atoms with Crippen LogP contribution < -0.4 is 5.32 Å². The minimum absolute atomic E-state index is 0. The van der Waals surface area contributed by atoms with Crippen molar-refractivity contribution in [2.45, 2.75) is 38.6 Å². The molecule has 110 valence electrons. The van der Waals surface area contributed by atoms with E-state index in [1.807, 2.05) is 11.0 Å². The highest BCUT2D eigenvalue weighted by Gasteiger charge is 2.24. The summed E-state index contributed by atoms with van der Waals surface area (Å²) in [6.07, 6.45) is 4.85. The lowest BCUT2D eigenvalue weighted by molar-refractivity contribution is 0.0655. The average Bonchev–Trinajstić information content (AvgIpc) is 2.46. The molecule has 1 atom stereocenters. The summed E-state index contributed by atoms with van der Waals surface area (Å²) in [6, 6.07) is 6.60. The molecule has 20 heavy (non-hydrogen) atoms. The number of nitrogens with zero attached hydrogens (tertiary/aromatic N) is 1. The third kappa shape index (κ3) is 2.99. The molecule has 0 bridgehead atoms. The summed E-state index contributed by atoms with van der Waals surface area (Å²) in [4.78, 5) is 14.6. The Morgan fingerprint density at radius 1 is 1.25 bits per heavy atom. The van der Waals surface area contributed by atoms with Crippen molar-refractivity contribution < 1.29 is 4.79 Å². The van der Waals surface area contributed by atoms with Crippen LogP contribution in [-0.4, -0.2) is 36.5 Å². The largest absolute Gasteiger partial charge is 0.333 e. The van der Waals surface area contributed by atoms with Gasteiger partial charge in [-0.05, 0) is 55.9 Å². The maximum atomic E-state index is 12.6. The molecule has 1 amide bonds. The van der Waals surface area contributed by atoms with Crippen LogP contribution in [0.2, 0.25) is 0 Å². The van der Waals surface area contributed by atoms with Crippen molar-refractivity contribution in [1.29, 1.82) is 0 Å². The van der Waals surface area contributed by atoms with Gasteiger partial charge in [-0.1, -0.05) is 6.07 Å². The van der Waals surface area contributed by atoms with Crippen molar-refractivity contribution in [2.24, 2.45) is 0 Å². The quantitative estimate of drug-likeness (QED) is 0.863. The minimum Gasteiger partial charge on any atom is -0.333 e. The topological polar surface area (TPSA) is 32.3 Å². The van der Waals surface area contributed by atoms with Crippen LogP contribution in [0.25, 0.3) is 0 Å². The molecule has 1 fully saturated rings. The highest BCUT2D eigenvalue weighted by molar-refractivity contribution is 5.94. The molecule has 1 aliphatic carbocycles. The van der Waals surface area contributed by atoms with Crippen LogP contribution in [0.1, 0.15) is 41.3 Å². The first-order chi connectivity index (χ1) is 9.25. The van der Waals surface area contributed by atoms with Gasteiger partial charge in [-0.2, -0.15) is 0 Å². The molecule has 0 unspecified atom stereocenters. The predicted octanol–water partition coefficient (Wildman–Crippen LogP) is 2.42. The van der Waals surface area contributed by atoms with Crippen LogP contribution in [0.4, 0.5) is 0 Å². The Kier molecular flexibility index (Phi) is 5.06. The molecule has 1 saturated heterocycles. The van der Waals surface area contributed by atoms with Crippen molar-refractivity contribution in [3.8, 4) is 0 Å². The smallest absolute Gasteiger partial charge is 0.254 e. The number of nitrogens with one attached hydrogen (secondary N) is 1. The SMILES string of the molecule is C[C@@H]1CNCCN1C(=O)c1ccc2c(c1)CCCC2.Cl. The van der Waals surface area contributed by atoms with Crippen LogP contribution in [0.15, 0.2) is 18.2 Å². The molecule has 1 aromatic carbocycles. The summed E-state index contributed by atoms with van der Waals surface area (Å²) in [5.74, 6) is 0.197. The van der Waals surface area contributed by atoms with Gasteiger partial charge in [0.1, 0.15) is 0 Å². The van der Waals surface area contributed by atoms with Crippen LogP contribution in [-0.2, 0) is 12.8 Å². The van der Waals surface area contributed by atoms with Crippen LogP contribution in [0, 0.1) is 0 Å². The van der Waals surface area contributed by atoms with E-state index in [4.69, 9.17) is 0 Å². The van der Waals surface area contributed by atoms with Gasteiger partial charge in [0.25, 0.3) is 5.91 Å². The first kappa shape index (κ1) is 15.3. The van der Waals surface area contributed by atoms with Crippen molar-refractivity contribution in [2.75, 3.05) is 19.6 Å². The van der Waals surface area contributed by atoms with Crippen molar-refractivity contribution in [1.82, 2.24) is 10.2 Å². The maximum absolute atomic E-state index is 12.6. The number of halogens is 1. The number of rotatable bonds is 1. The molecule has 0 saturated carbocycles. The Hall–Kier alpha value is -1.06. The number of carbonyl (C=O) groups is 1. The van der Waals surface area contributed by atoms with Crippen LogP contribution in [0.5, 0.6) is 0 Å². The summed E-state index contributed by atoms with van der Waals surface area (Å²) < 4.78 is 0.